The van der Waals surface area contributed by atoms with E-state index in [1.807, 2.05) is 26.0 Å². The summed E-state index contributed by atoms with van der Waals surface area (Å²) in [5, 5.41) is 3.57. The zero-order valence-corrected chi connectivity index (χ0v) is 11.2. The number of ether oxygens (including phenoxy) is 1. The summed E-state index contributed by atoms with van der Waals surface area (Å²) in [5.41, 5.74) is 1.95. The Morgan fingerprint density at radius 1 is 1.22 bits per heavy atom. The van der Waals surface area contributed by atoms with Crippen molar-refractivity contribution in [3.05, 3.63) is 40.5 Å². The van der Waals surface area contributed by atoms with Gasteiger partial charge in [-0.2, -0.15) is 4.98 Å². The topological polar surface area (TPSA) is 47.0 Å². The fraction of sp³-hybridized carbons (Fsp3) is 0.231. The van der Waals surface area contributed by atoms with Crippen LogP contribution in [0.3, 0.4) is 0 Å². The Morgan fingerprint density at radius 3 is 2.50 bits per heavy atom. The summed E-state index contributed by atoms with van der Waals surface area (Å²) < 4.78 is 5.79. The molecule has 1 N–H and O–H groups in total. The highest BCUT2D eigenvalue weighted by molar-refractivity contribution is 6.30. The molecule has 0 aliphatic heterocycles. The van der Waals surface area contributed by atoms with Crippen molar-refractivity contribution in [3.8, 4) is 11.6 Å². The maximum absolute atomic E-state index is 5.98. The van der Waals surface area contributed by atoms with Gasteiger partial charge in [0.1, 0.15) is 5.75 Å². The van der Waals surface area contributed by atoms with Gasteiger partial charge in [0.05, 0.1) is 0 Å². The molecule has 2 aromatic rings. The van der Waals surface area contributed by atoms with Crippen molar-refractivity contribution in [3.63, 3.8) is 0 Å². The molecular weight excluding hydrogens is 250 g/mol. The number of hydrogen-bond donors (Lipinski definition) is 1. The number of aryl methyl sites for hydroxylation is 2. The molecule has 0 unspecified atom stereocenters. The zero-order valence-electron chi connectivity index (χ0n) is 10.5. The average molecular weight is 264 g/mol. The third-order valence-electron chi connectivity index (χ3n) is 2.49. The van der Waals surface area contributed by atoms with Gasteiger partial charge in [0.2, 0.25) is 11.8 Å². The van der Waals surface area contributed by atoms with Gasteiger partial charge >= 0.3 is 0 Å². The van der Waals surface area contributed by atoms with Gasteiger partial charge < -0.3 is 10.1 Å². The molecule has 5 heteroatoms. The molecule has 0 amide bonds. The molecule has 0 aliphatic carbocycles. The number of anilines is 1. The van der Waals surface area contributed by atoms with Crippen molar-refractivity contribution < 1.29 is 4.74 Å². The first-order valence-electron chi connectivity index (χ1n) is 5.55. The van der Waals surface area contributed by atoms with Crippen LogP contribution in [0.2, 0.25) is 5.02 Å². The Hall–Kier alpha value is -1.81. The summed E-state index contributed by atoms with van der Waals surface area (Å²) in [4.78, 5) is 8.25. The summed E-state index contributed by atoms with van der Waals surface area (Å²) in [6.07, 6.45) is 1.65. The van der Waals surface area contributed by atoms with Crippen molar-refractivity contribution in [2.45, 2.75) is 13.8 Å². The largest absolute Gasteiger partial charge is 0.438 e. The summed E-state index contributed by atoms with van der Waals surface area (Å²) >= 11 is 5.98. The van der Waals surface area contributed by atoms with Gasteiger partial charge in [-0.1, -0.05) is 11.6 Å². The lowest BCUT2D eigenvalue weighted by Gasteiger charge is -2.11. The molecular formula is C13H14ClN3O. The molecule has 1 heterocycles. The zero-order chi connectivity index (χ0) is 13.1. The van der Waals surface area contributed by atoms with Gasteiger partial charge in [0.15, 0.2) is 0 Å². The van der Waals surface area contributed by atoms with E-state index in [1.165, 1.54) is 0 Å². The van der Waals surface area contributed by atoms with Crippen LogP contribution in [0.4, 0.5) is 5.95 Å². The maximum Gasteiger partial charge on any atom is 0.225 e. The summed E-state index contributed by atoms with van der Waals surface area (Å²) in [5.74, 6) is 1.81. The molecule has 2 rings (SSSR count). The van der Waals surface area contributed by atoms with E-state index in [-0.39, 0.29) is 0 Å². The highest BCUT2D eigenvalue weighted by atomic mass is 35.5. The van der Waals surface area contributed by atoms with Crippen LogP contribution in [0, 0.1) is 13.8 Å². The van der Waals surface area contributed by atoms with Crippen LogP contribution in [0.5, 0.6) is 11.6 Å². The molecule has 94 valence electrons. The van der Waals surface area contributed by atoms with Crippen molar-refractivity contribution in [2.24, 2.45) is 0 Å². The number of aromatic nitrogens is 2. The first kappa shape index (κ1) is 12.6. The number of nitrogens with one attached hydrogen (secondary N) is 1. The number of hydrogen-bond acceptors (Lipinski definition) is 4. The minimum atomic E-state index is 0.503. The predicted octanol–water partition coefficient (Wildman–Crippen LogP) is 3.58. The van der Waals surface area contributed by atoms with E-state index in [1.54, 1.807) is 19.3 Å². The summed E-state index contributed by atoms with van der Waals surface area (Å²) in [7, 11) is 1.76. The normalized spacial score (nSPS) is 10.2. The van der Waals surface area contributed by atoms with Gasteiger partial charge in [-0.25, -0.2) is 4.98 Å². The van der Waals surface area contributed by atoms with Gasteiger partial charge in [-0.05, 0) is 37.1 Å². The molecule has 0 fully saturated rings. The number of nitrogens with zero attached hydrogens (tertiary/aromatic N) is 2. The van der Waals surface area contributed by atoms with Crippen LogP contribution >= 0.6 is 11.6 Å². The number of halogens is 1. The standard InChI is InChI=1S/C13H14ClN3O/c1-8-6-10(14)7-9(2)12(8)18-11-4-5-16-13(15-3)17-11/h4-7H,1-3H3,(H,15,16,17). The van der Waals surface area contributed by atoms with Gasteiger partial charge in [0.25, 0.3) is 0 Å². The Kier molecular flexibility index (Phi) is 3.67. The minimum Gasteiger partial charge on any atom is -0.438 e. The predicted molar refractivity (Wildman–Crippen MR) is 72.6 cm³/mol. The van der Waals surface area contributed by atoms with Crippen LogP contribution in [0.25, 0.3) is 0 Å². The molecule has 0 saturated heterocycles. The maximum atomic E-state index is 5.98. The lowest BCUT2D eigenvalue weighted by atomic mass is 10.1. The molecule has 0 spiro atoms. The average Bonchev–Trinajstić information content (AvgIpc) is 2.34. The van der Waals surface area contributed by atoms with Crippen LogP contribution in [-0.2, 0) is 0 Å². The smallest absolute Gasteiger partial charge is 0.225 e. The van der Waals surface area contributed by atoms with E-state index >= 15 is 0 Å². The van der Waals surface area contributed by atoms with Crippen molar-refractivity contribution in [1.29, 1.82) is 0 Å². The molecule has 0 saturated carbocycles. The SMILES string of the molecule is CNc1nccc(Oc2c(C)cc(Cl)cc2C)n1. The summed E-state index contributed by atoms with van der Waals surface area (Å²) in [6, 6.07) is 5.45. The quantitative estimate of drug-likeness (QED) is 0.919. The molecule has 18 heavy (non-hydrogen) atoms. The van der Waals surface area contributed by atoms with Crippen molar-refractivity contribution >= 4 is 17.5 Å². The highest BCUT2D eigenvalue weighted by Gasteiger charge is 2.08. The summed E-state index contributed by atoms with van der Waals surface area (Å²) in [6.45, 7) is 3.91. The fourth-order valence-electron chi connectivity index (χ4n) is 1.68. The molecule has 0 radical (unpaired) electrons. The second-order valence-corrected chi connectivity index (χ2v) is 4.38. The molecule has 1 aromatic carbocycles. The Bertz CT molecular complexity index is 549. The van der Waals surface area contributed by atoms with Crippen molar-refractivity contribution in [2.75, 3.05) is 12.4 Å². The van der Waals surface area contributed by atoms with Crippen LogP contribution in [-0.4, -0.2) is 17.0 Å². The lowest BCUT2D eigenvalue weighted by molar-refractivity contribution is 0.455. The van der Waals surface area contributed by atoms with E-state index in [0.29, 0.717) is 16.9 Å². The van der Waals surface area contributed by atoms with Crippen LogP contribution in [0.1, 0.15) is 11.1 Å². The van der Waals surface area contributed by atoms with Gasteiger partial charge in [0, 0.05) is 24.3 Å². The van der Waals surface area contributed by atoms with Crippen molar-refractivity contribution in [1.82, 2.24) is 9.97 Å². The van der Waals surface area contributed by atoms with Crippen LogP contribution < -0.4 is 10.1 Å². The fourth-order valence-corrected chi connectivity index (χ4v) is 2.01. The van der Waals surface area contributed by atoms with Crippen LogP contribution in [0.15, 0.2) is 24.4 Å². The first-order chi connectivity index (χ1) is 8.60. The molecule has 4 nitrogen and oxygen atoms in total. The number of rotatable bonds is 3. The van der Waals surface area contributed by atoms with E-state index < -0.39 is 0 Å². The molecule has 0 bridgehead atoms. The Morgan fingerprint density at radius 2 is 1.89 bits per heavy atom. The first-order valence-corrected chi connectivity index (χ1v) is 5.93. The second-order valence-electron chi connectivity index (χ2n) is 3.94. The molecule has 0 aliphatic rings. The minimum absolute atomic E-state index is 0.503. The van der Waals surface area contributed by atoms with E-state index in [4.69, 9.17) is 16.3 Å². The molecule has 0 atom stereocenters. The second kappa shape index (κ2) is 5.23. The Labute approximate surface area is 111 Å². The monoisotopic (exact) mass is 263 g/mol. The highest BCUT2D eigenvalue weighted by Crippen LogP contribution is 2.30. The van der Waals surface area contributed by atoms with E-state index in [0.717, 1.165) is 16.9 Å². The third kappa shape index (κ3) is 2.71. The van der Waals surface area contributed by atoms with E-state index in [2.05, 4.69) is 15.3 Å². The van der Waals surface area contributed by atoms with Gasteiger partial charge in [-0.15, -0.1) is 0 Å². The van der Waals surface area contributed by atoms with Gasteiger partial charge in [-0.3, -0.25) is 0 Å². The lowest BCUT2D eigenvalue weighted by Crippen LogP contribution is -1.98. The number of benzene rings is 1. The molecule has 1 aromatic heterocycles. The Balaban J connectivity index is 2.33. The third-order valence-corrected chi connectivity index (χ3v) is 2.70. The van der Waals surface area contributed by atoms with E-state index in [9.17, 15) is 0 Å².